The molecule has 0 radical (unpaired) electrons. The highest BCUT2D eigenvalue weighted by Crippen LogP contribution is 2.35. The maximum Gasteiger partial charge on any atom is 0.0668 e. The predicted octanol–water partition coefficient (Wildman–Crippen LogP) is 4.93. The van der Waals surface area contributed by atoms with E-state index in [0.29, 0.717) is 0 Å². The molecule has 0 aliphatic carbocycles. The van der Waals surface area contributed by atoms with E-state index in [2.05, 4.69) is 66.6 Å². The monoisotopic (exact) mass is 471 g/mol. The first-order valence-electron chi connectivity index (χ1n) is 4.53. The summed E-state index contributed by atoms with van der Waals surface area (Å²) in [5.74, 6) is 0. The standard InChI is InChI=1S/C11H8Br2INS/c12-8-2-1-6(14)5-7(8)10(15)11-9(13)3-4-16-11/h1-5,10H,15H2. The highest BCUT2D eigenvalue weighted by atomic mass is 127. The summed E-state index contributed by atoms with van der Waals surface area (Å²) in [5.41, 5.74) is 7.40. The van der Waals surface area contributed by atoms with Crippen molar-refractivity contribution in [2.75, 3.05) is 0 Å². The first-order chi connectivity index (χ1) is 7.59. The minimum absolute atomic E-state index is 0.0848. The van der Waals surface area contributed by atoms with Crippen molar-refractivity contribution in [2.45, 2.75) is 6.04 Å². The lowest BCUT2D eigenvalue weighted by molar-refractivity contribution is 0.881. The van der Waals surface area contributed by atoms with Gasteiger partial charge < -0.3 is 5.73 Å². The predicted molar refractivity (Wildman–Crippen MR) is 84.9 cm³/mol. The molecule has 0 spiro atoms. The van der Waals surface area contributed by atoms with E-state index in [1.807, 2.05) is 17.5 Å². The van der Waals surface area contributed by atoms with Crippen LogP contribution in [-0.4, -0.2) is 0 Å². The Hall–Kier alpha value is 0.570. The van der Waals surface area contributed by atoms with Gasteiger partial charge in [-0.25, -0.2) is 0 Å². The summed E-state index contributed by atoms with van der Waals surface area (Å²) in [6.45, 7) is 0. The van der Waals surface area contributed by atoms with Crippen LogP contribution in [0.5, 0.6) is 0 Å². The minimum Gasteiger partial charge on any atom is -0.320 e. The molecule has 16 heavy (non-hydrogen) atoms. The minimum atomic E-state index is -0.0848. The summed E-state index contributed by atoms with van der Waals surface area (Å²) >= 11 is 11.0. The van der Waals surface area contributed by atoms with Gasteiger partial charge in [0.2, 0.25) is 0 Å². The van der Waals surface area contributed by atoms with E-state index >= 15 is 0 Å². The van der Waals surface area contributed by atoms with Crippen LogP contribution in [0.2, 0.25) is 0 Å². The summed E-state index contributed by atoms with van der Waals surface area (Å²) in [5, 5.41) is 2.04. The summed E-state index contributed by atoms with van der Waals surface area (Å²) in [6, 6.07) is 8.16. The lowest BCUT2D eigenvalue weighted by atomic mass is 10.1. The molecule has 2 N–H and O–H groups in total. The molecule has 2 rings (SSSR count). The van der Waals surface area contributed by atoms with Crippen LogP contribution in [0, 0.1) is 3.57 Å². The van der Waals surface area contributed by atoms with Gasteiger partial charge in [-0.15, -0.1) is 11.3 Å². The number of hydrogen-bond acceptors (Lipinski definition) is 2. The lowest BCUT2D eigenvalue weighted by Crippen LogP contribution is -2.11. The summed E-state index contributed by atoms with van der Waals surface area (Å²) in [6.07, 6.45) is 0. The highest BCUT2D eigenvalue weighted by molar-refractivity contribution is 14.1. The number of nitrogens with two attached hydrogens (primary N) is 1. The average Bonchev–Trinajstić information content (AvgIpc) is 2.67. The van der Waals surface area contributed by atoms with Crippen molar-refractivity contribution < 1.29 is 0 Å². The van der Waals surface area contributed by atoms with Gasteiger partial charge in [0.05, 0.1) is 6.04 Å². The van der Waals surface area contributed by atoms with Crippen molar-refractivity contribution in [1.29, 1.82) is 0 Å². The van der Waals surface area contributed by atoms with Gasteiger partial charge in [0, 0.05) is 17.4 Å². The van der Waals surface area contributed by atoms with Gasteiger partial charge in [0.25, 0.3) is 0 Å². The Bertz CT molecular complexity index is 512. The van der Waals surface area contributed by atoms with E-state index in [0.717, 1.165) is 19.4 Å². The van der Waals surface area contributed by atoms with Crippen LogP contribution in [0.1, 0.15) is 16.5 Å². The first-order valence-corrected chi connectivity index (χ1v) is 8.07. The fourth-order valence-corrected chi connectivity index (χ4v) is 4.07. The van der Waals surface area contributed by atoms with E-state index in [1.54, 1.807) is 11.3 Å². The molecule has 1 heterocycles. The van der Waals surface area contributed by atoms with Gasteiger partial charge in [0.1, 0.15) is 0 Å². The molecule has 1 nitrogen and oxygen atoms in total. The van der Waals surface area contributed by atoms with Gasteiger partial charge >= 0.3 is 0 Å². The van der Waals surface area contributed by atoms with Crippen molar-refractivity contribution in [3.8, 4) is 0 Å². The molecule has 5 heteroatoms. The molecule has 0 fully saturated rings. The normalized spacial score (nSPS) is 12.8. The molecular weight excluding hydrogens is 465 g/mol. The summed E-state index contributed by atoms with van der Waals surface area (Å²) in [7, 11) is 0. The van der Waals surface area contributed by atoms with Crippen molar-refractivity contribution in [1.82, 2.24) is 0 Å². The average molecular weight is 473 g/mol. The molecule has 2 aromatic rings. The first kappa shape index (κ1) is 13.0. The van der Waals surface area contributed by atoms with E-state index in [1.165, 1.54) is 3.57 Å². The van der Waals surface area contributed by atoms with Crippen LogP contribution >= 0.6 is 65.8 Å². The Labute approximate surface area is 129 Å². The number of rotatable bonds is 2. The van der Waals surface area contributed by atoms with E-state index in [9.17, 15) is 0 Å². The van der Waals surface area contributed by atoms with Gasteiger partial charge in [0.15, 0.2) is 0 Å². The van der Waals surface area contributed by atoms with Gasteiger partial charge in [-0.3, -0.25) is 0 Å². The number of halogens is 3. The SMILES string of the molecule is NC(c1cc(I)ccc1Br)c1sccc1Br. The molecular formula is C11H8Br2INS. The zero-order chi connectivity index (χ0) is 11.7. The fraction of sp³-hybridized carbons (Fsp3) is 0.0909. The molecule has 0 amide bonds. The molecule has 0 aliphatic heterocycles. The fourth-order valence-electron chi connectivity index (χ4n) is 1.42. The zero-order valence-corrected chi connectivity index (χ0v) is 14.2. The summed E-state index contributed by atoms with van der Waals surface area (Å²) < 4.78 is 3.33. The molecule has 1 aromatic carbocycles. The Morgan fingerprint density at radius 3 is 2.56 bits per heavy atom. The molecule has 84 valence electrons. The molecule has 0 saturated heterocycles. The highest BCUT2D eigenvalue weighted by Gasteiger charge is 2.16. The van der Waals surface area contributed by atoms with Crippen LogP contribution in [0.4, 0.5) is 0 Å². The van der Waals surface area contributed by atoms with E-state index in [4.69, 9.17) is 5.73 Å². The molecule has 0 saturated carbocycles. The van der Waals surface area contributed by atoms with Gasteiger partial charge in [-0.05, 0) is 73.7 Å². The van der Waals surface area contributed by atoms with Crippen molar-refractivity contribution in [3.63, 3.8) is 0 Å². The van der Waals surface area contributed by atoms with Crippen LogP contribution in [0.25, 0.3) is 0 Å². The number of benzene rings is 1. The van der Waals surface area contributed by atoms with Gasteiger partial charge in [-0.2, -0.15) is 0 Å². The molecule has 0 aliphatic rings. The van der Waals surface area contributed by atoms with Crippen LogP contribution in [-0.2, 0) is 0 Å². The number of hydrogen-bond donors (Lipinski definition) is 1. The zero-order valence-electron chi connectivity index (χ0n) is 8.08. The maximum absolute atomic E-state index is 6.28. The lowest BCUT2D eigenvalue weighted by Gasteiger charge is -2.13. The third kappa shape index (κ3) is 2.69. The maximum atomic E-state index is 6.28. The Balaban J connectivity index is 2.45. The smallest absolute Gasteiger partial charge is 0.0668 e. The summed E-state index contributed by atoms with van der Waals surface area (Å²) in [4.78, 5) is 1.16. The third-order valence-corrected chi connectivity index (χ3v) is 5.57. The van der Waals surface area contributed by atoms with E-state index in [-0.39, 0.29) is 6.04 Å². The third-order valence-electron chi connectivity index (χ3n) is 2.22. The molecule has 1 atom stereocenters. The van der Waals surface area contributed by atoms with Crippen LogP contribution < -0.4 is 5.73 Å². The topological polar surface area (TPSA) is 26.0 Å². The Morgan fingerprint density at radius 1 is 1.19 bits per heavy atom. The second kappa shape index (κ2) is 5.48. The van der Waals surface area contributed by atoms with Crippen LogP contribution in [0.15, 0.2) is 38.6 Å². The second-order valence-corrected chi connectivity index (χ2v) is 7.18. The number of thiophene rings is 1. The van der Waals surface area contributed by atoms with Crippen molar-refractivity contribution in [2.24, 2.45) is 5.73 Å². The van der Waals surface area contributed by atoms with Gasteiger partial charge in [-0.1, -0.05) is 15.9 Å². The molecule has 0 bridgehead atoms. The second-order valence-electron chi connectivity index (χ2n) is 3.28. The van der Waals surface area contributed by atoms with E-state index < -0.39 is 0 Å². The van der Waals surface area contributed by atoms with Crippen LogP contribution in [0.3, 0.4) is 0 Å². The van der Waals surface area contributed by atoms with Crippen molar-refractivity contribution >= 4 is 65.8 Å². The molecule has 1 unspecified atom stereocenters. The quantitative estimate of drug-likeness (QED) is 0.616. The Morgan fingerprint density at radius 2 is 1.94 bits per heavy atom. The van der Waals surface area contributed by atoms with Crippen molar-refractivity contribution in [3.05, 3.63) is 52.6 Å². The molecule has 1 aromatic heterocycles. The largest absolute Gasteiger partial charge is 0.320 e. The Kier molecular flexibility index (Phi) is 4.45.